The van der Waals surface area contributed by atoms with E-state index in [0.29, 0.717) is 11.3 Å². The van der Waals surface area contributed by atoms with Crippen LogP contribution in [0, 0.1) is 23.7 Å². The van der Waals surface area contributed by atoms with E-state index in [1.807, 2.05) is 24.3 Å². The summed E-state index contributed by atoms with van der Waals surface area (Å²) in [4.78, 5) is 75.2. The molecule has 0 saturated heterocycles. The average Bonchev–Trinajstić information content (AvgIpc) is 3.53. The molecule has 14 heteroatoms. The monoisotopic (exact) mass is 673 g/mol. The minimum atomic E-state index is -3.07. The Kier molecular flexibility index (Phi) is 8.45. The molecule has 3 aliphatic carbocycles. The number of aromatic hydroxyl groups is 1. The lowest BCUT2D eigenvalue weighted by Gasteiger charge is -2.56. The van der Waals surface area contributed by atoms with Crippen molar-refractivity contribution in [2.75, 3.05) is 37.4 Å². The van der Waals surface area contributed by atoms with Gasteiger partial charge in [0.2, 0.25) is 5.91 Å². The van der Waals surface area contributed by atoms with E-state index in [1.165, 1.54) is 31.3 Å². The van der Waals surface area contributed by atoms with Gasteiger partial charge >= 0.3 is 0 Å². The number of anilines is 3. The third kappa shape index (κ3) is 4.96. The number of phenolic OH excluding ortho intramolecular Hbond substituents is 1. The summed E-state index contributed by atoms with van der Waals surface area (Å²) in [6, 6.07) is 9.39. The number of nitrogens with one attached hydrogen (secondary N) is 1. The van der Waals surface area contributed by atoms with Gasteiger partial charge in [-0.15, -0.1) is 0 Å². The second-order valence-corrected chi connectivity index (χ2v) is 13.2. The van der Waals surface area contributed by atoms with E-state index in [4.69, 9.17) is 10.2 Å². The molecule has 0 bridgehead atoms. The first-order chi connectivity index (χ1) is 23.2. The number of nitrogens with zero attached hydrogens (tertiary/aromatic N) is 3. The maximum atomic E-state index is 14.2. The predicted octanol–water partition coefficient (Wildman–Crippen LogP) is 1.64. The largest absolute Gasteiger partial charge is 0.505 e. The summed E-state index contributed by atoms with van der Waals surface area (Å²) in [5.41, 5.74) is 4.23. The summed E-state index contributed by atoms with van der Waals surface area (Å²) in [5.74, 6) is -13.6. The summed E-state index contributed by atoms with van der Waals surface area (Å²) in [5, 5.41) is 37.9. The zero-order valence-corrected chi connectivity index (χ0v) is 27.7. The number of aliphatic hydroxyl groups is 2. The standard InChI is InChI=1S/C35H39N5O9/c1-6-40(7-2)17-10-8-16(9-11-17)20-14-37-34(49-20)38-19-13-12-18-15(3)21-23(28(42)22(18)27(19)41)31(45)35(48)25(29(21)43)26(39(4)5)30(44)24(32(35)46)33(36)47/h8-15,21,23-26,29,41,43,48H,6-7H2,1-5H3,(H2,36,47)(H,37,38)/t15-,21+,23?,24?,25+,26-,29-,35-/m1/s1. The lowest BCUT2D eigenvalue weighted by molar-refractivity contribution is -0.196. The summed E-state index contributed by atoms with van der Waals surface area (Å²) in [6.45, 7) is 7.52. The number of carbonyl (C=O) groups excluding carboxylic acids is 5. The second kappa shape index (κ2) is 12.2. The number of hydrogen-bond donors (Lipinski definition) is 5. The van der Waals surface area contributed by atoms with Crippen LogP contribution in [0.4, 0.5) is 17.4 Å². The molecule has 1 aromatic heterocycles. The molecule has 49 heavy (non-hydrogen) atoms. The van der Waals surface area contributed by atoms with Crippen molar-refractivity contribution in [3.05, 3.63) is 53.7 Å². The average molecular weight is 674 g/mol. The number of amides is 1. The number of rotatable bonds is 8. The van der Waals surface area contributed by atoms with Crippen LogP contribution in [0.3, 0.4) is 0 Å². The molecule has 3 aromatic rings. The number of likely N-dealkylation sites (N-methyl/N-ethyl adjacent to an activating group) is 1. The molecule has 2 fully saturated rings. The molecule has 2 aromatic carbocycles. The van der Waals surface area contributed by atoms with Gasteiger partial charge in [-0.2, -0.15) is 0 Å². The number of nitrogens with two attached hydrogens (primary N) is 1. The normalized spacial score (nSPS) is 29.3. The molecule has 8 atom stereocenters. The highest BCUT2D eigenvalue weighted by Gasteiger charge is 2.72. The predicted molar refractivity (Wildman–Crippen MR) is 176 cm³/mol. The first kappa shape index (κ1) is 34.0. The maximum absolute atomic E-state index is 14.2. The first-order valence-electron chi connectivity index (χ1n) is 16.2. The summed E-state index contributed by atoms with van der Waals surface area (Å²) >= 11 is 0. The van der Waals surface area contributed by atoms with Gasteiger partial charge in [0.1, 0.15) is 5.75 Å². The fourth-order valence-corrected chi connectivity index (χ4v) is 8.10. The van der Waals surface area contributed by atoms with Crippen LogP contribution in [0.5, 0.6) is 5.75 Å². The number of benzene rings is 2. The van der Waals surface area contributed by atoms with Gasteiger partial charge in [0.25, 0.3) is 6.01 Å². The Hall–Kier alpha value is -4.92. The number of oxazole rings is 1. The van der Waals surface area contributed by atoms with Gasteiger partial charge in [0.15, 0.2) is 40.4 Å². The van der Waals surface area contributed by atoms with Crippen LogP contribution in [-0.2, 0) is 19.2 Å². The van der Waals surface area contributed by atoms with Crippen LogP contribution in [0.15, 0.2) is 47.0 Å². The van der Waals surface area contributed by atoms with Gasteiger partial charge in [-0.3, -0.25) is 28.9 Å². The third-order valence-electron chi connectivity index (χ3n) is 10.5. The molecular formula is C35H39N5O9. The summed E-state index contributed by atoms with van der Waals surface area (Å²) in [7, 11) is 2.88. The topological polar surface area (TPSA) is 217 Å². The number of aromatic nitrogens is 1. The van der Waals surface area contributed by atoms with Crippen molar-refractivity contribution in [1.82, 2.24) is 9.88 Å². The maximum Gasteiger partial charge on any atom is 0.299 e. The van der Waals surface area contributed by atoms with Crippen molar-refractivity contribution in [2.24, 2.45) is 29.4 Å². The Labute approximate surface area is 281 Å². The van der Waals surface area contributed by atoms with E-state index < -0.39 is 82.1 Å². The molecule has 0 aliphatic heterocycles. The lowest BCUT2D eigenvalue weighted by atomic mass is 9.49. The van der Waals surface area contributed by atoms with Crippen molar-refractivity contribution < 1.29 is 43.7 Å². The fourth-order valence-electron chi connectivity index (χ4n) is 8.10. The number of fused-ring (bicyclic) bond motifs is 3. The number of ketones is 4. The minimum absolute atomic E-state index is 0.0123. The van der Waals surface area contributed by atoms with E-state index in [0.717, 1.165) is 24.3 Å². The van der Waals surface area contributed by atoms with E-state index in [1.54, 1.807) is 13.0 Å². The molecular weight excluding hydrogens is 634 g/mol. The van der Waals surface area contributed by atoms with E-state index in [-0.39, 0.29) is 17.3 Å². The van der Waals surface area contributed by atoms with Gasteiger partial charge < -0.3 is 35.7 Å². The number of hydrogen-bond acceptors (Lipinski definition) is 13. The van der Waals surface area contributed by atoms with Crippen molar-refractivity contribution in [3.63, 3.8) is 0 Å². The number of phenols is 1. The number of Topliss-reactive ketones (excluding diaryl/α,β-unsaturated/α-hetero) is 4. The zero-order valence-electron chi connectivity index (χ0n) is 27.7. The molecule has 6 rings (SSSR count). The molecule has 0 radical (unpaired) electrons. The van der Waals surface area contributed by atoms with Crippen LogP contribution >= 0.6 is 0 Å². The fraction of sp³-hybridized carbons (Fsp3) is 0.429. The highest BCUT2D eigenvalue weighted by atomic mass is 16.4. The second-order valence-electron chi connectivity index (χ2n) is 13.2. The van der Waals surface area contributed by atoms with Crippen LogP contribution in [0.25, 0.3) is 11.3 Å². The molecule has 0 spiro atoms. The number of aliphatic hydroxyl groups excluding tert-OH is 1. The van der Waals surface area contributed by atoms with Crippen molar-refractivity contribution in [3.8, 4) is 17.1 Å². The highest BCUT2D eigenvalue weighted by molar-refractivity contribution is 6.32. The van der Waals surface area contributed by atoms with Crippen LogP contribution in [0.2, 0.25) is 0 Å². The van der Waals surface area contributed by atoms with Crippen molar-refractivity contribution >= 4 is 46.4 Å². The molecule has 1 amide bonds. The quantitative estimate of drug-likeness (QED) is 0.170. The molecule has 258 valence electrons. The van der Waals surface area contributed by atoms with E-state index in [9.17, 15) is 39.3 Å². The highest BCUT2D eigenvalue weighted by Crippen LogP contribution is 2.55. The number of carbonyl (C=O) groups is 5. The Morgan fingerprint density at radius 1 is 1.04 bits per heavy atom. The summed E-state index contributed by atoms with van der Waals surface area (Å²) in [6.07, 6.45) is -0.200. The van der Waals surface area contributed by atoms with Gasteiger partial charge in [-0.25, -0.2) is 4.98 Å². The zero-order chi connectivity index (χ0) is 35.7. The molecule has 6 N–H and O–H groups in total. The van der Waals surface area contributed by atoms with Gasteiger partial charge in [0, 0.05) is 30.3 Å². The van der Waals surface area contributed by atoms with Crippen LogP contribution in [-0.4, -0.2) is 99.2 Å². The first-order valence-corrected chi connectivity index (χ1v) is 16.2. The van der Waals surface area contributed by atoms with Gasteiger partial charge in [-0.05, 0) is 69.8 Å². The molecule has 2 saturated carbocycles. The Bertz CT molecular complexity index is 1870. The third-order valence-corrected chi connectivity index (χ3v) is 10.5. The Balaban J connectivity index is 1.34. The molecule has 1 heterocycles. The lowest BCUT2D eigenvalue weighted by Crippen LogP contribution is -2.77. The van der Waals surface area contributed by atoms with Crippen molar-refractivity contribution in [2.45, 2.75) is 44.4 Å². The van der Waals surface area contributed by atoms with Crippen molar-refractivity contribution in [1.29, 1.82) is 0 Å². The van der Waals surface area contributed by atoms with Crippen LogP contribution in [0.1, 0.15) is 42.6 Å². The Morgan fingerprint density at radius 2 is 1.69 bits per heavy atom. The van der Waals surface area contributed by atoms with E-state index in [2.05, 4.69) is 29.0 Å². The SMILES string of the molecule is CCN(CC)c1ccc(-c2cnc(Nc3ccc4c(c3O)C(=O)C3C(=O)[C@@]5(O)C(=O)C(C(N)=O)C(=O)[C@H](N(C)C)[C@H]5[C@H](O)[C@H]3[C@@H]4C)o2)cc1. The minimum Gasteiger partial charge on any atom is -0.505 e. The van der Waals surface area contributed by atoms with Gasteiger partial charge in [-0.1, -0.05) is 13.0 Å². The van der Waals surface area contributed by atoms with Gasteiger partial charge in [0.05, 0.1) is 41.4 Å². The van der Waals surface area contributed by atoms with Crippen LogP contribution < -0.4 is 16.0 Å². The molecule has 14 nitrogen and oxygen atoms in total. The smallest absolute Gasteiger partial charge is 0.299 e. The summed E-state index contributed by atoms with van der Waals surface area (Å²) < 4.78 is 5.88. The molecule has 2 unspecified atom stereocenters. The van der Waals surface area contributed by atoms with E-state index >= 15 is 0 Å². The Morgan fingerprint density at radius 3 is 2.29 bits per heavy atom. The molecule has 3 aliphatic rings. The number of primary amides is 1.